The zero-order valence-electron chi connectivity index (χ0n) is 16.0. The molecule has 1 heterocycles. The maximum Gasteiger partial charge on any atom is 0.525 e. The fourth-order valence-corrected chi connectivity index (χ4v) is 3.28. The molecule has 1 fully saturated rings. The van der Waals surface area contributed by atoms with Gasteiger partial charge in [-0.25, -0.2) is 4.39 Å². The van der Waals surface area contributed by atoms with Crippen molar-refractivity contribution in [3.8, 4) is 0 Å². The van der Waals surface area contributed by atoms with Crippen LogP contribution in [0.15, 0.2) is 23.9 Å². The molecule has 1 aliphatic rings. The average molecular weight is 403 g/mol. The highest BCUT2D eigenvalue weighted by molar-refractivity contribution is 6.55. The van der Waals surface area contributed by atoms with Gasteiger partial charge in [-0.2, -0.15) is 0 Å². The first-order chi connectivity index (χ1) is 12.1. The molecule has 7 heteroatoms. The van der Waals surface area contributed by atoms with Crippen LogP contribution in [0.3, 0.4) is 0 Å². The highest BCUT2D eigenvalue weighted by atomic mass is 35.5. The lowest BCUT2D eigenvalue weighted by molar-refractivity contribution is 0.00578. The second-order valence-electron chi connectivity index (χ2n) is 7.37. The summed E-state index contributed by atoms with van der Waals surface area (Å²) in [7, 11) is -1.10. The molecule has 1 saturated heterocycles. The zero-order valence-corrected chi connectivity index (χ0v) is 17.5. The molecule has 144 valence electrons. The molecule has 1 aromatic carbocycles. The molecule has 0 amide bonds. The van der Waals surface area contributed by atoms with E-state index in [1.54, 1.807) is 18.2 Å². The monoisotopic (exact) mass is 402 g/mol. The molecule has 0 radical (unpaired) electrons. The van der Waals surface area contributed by atoms with E-state index in [1.165, 1.54) is 0 Å². The van der Waals surface area contributed by atoms with Crippen LogP contribution >= 0.6 is 23.2 Å². The Kier molecular flexibility index (Phi) is 7.20. The van der Waals surface area contributed by atoms with Crippen molar-refractivity contribution in [2.75, 3.05) is 13.2 Å². The van der Waals surface area contributed by atoms with Gasteiger partial charge in [-0.1, -0.05) is 36.2 Å². The van der Waals surface area contributed by atoms with E-state index in [2.05, 4.69) is 0 Å². The highest BCUT2D eigenvalue weighted by Gasteiger charge is 2.53. The van der Waals surface area contributed by atoms with Crippen molar-refractivity contribution in [3.05, 3.63) is 39.5 Å². The Morgan fingerprint density at radius 2 is 1.62 bits per heavy atom. The zero-order chi connectivity index (χ0) is 19.5. The van der Waals surface area contributed by atoms with E-state index in [0.29, 0.717) is 40.8 Å². The predicted molar refractivity (Wildman–Crippen MR) is 106 cm³/mol. The molecule has 0 N–H and O–H groups in total. The first-order valence-electron chi connectivity index (χ1n) is 8.87. The molecular formula is C19H26BCl2FO3. The van der Waals surface area contributed by atoms with Crippen LogP contribution in [0.25, 0.3) is 5.57 Å². The van der Waals surface area contributed by atoms with Crippen molar-refractivity contribution in [2.24, 2.45) is 0 Å². The van der Waals surface area contributed by atoms with Gasteiger partial charge in [-0.15, -0.1) is 0 Å². The van der Waals surface area contributed by atoms with Crippen LogP contribution in [0.1, 0.15) is 53.0 Å². The molecule has 3 nitrogen and oxygen atoms in total. The van der Waals surface area contributed by atoms with E-state index in [9.17, 15) is 0 Å². The molecule has 0 bridgehead atoms. The van der Waals surface area contributed by atoms with Crippen LogP contribution in [0, 0.1) is 0 Å². The Bertz CT molecular complexity index is 640. The Hall–Kier alpha value is -0.585. The first-order valence-corrected chi connectivity index (χ1v) is 9.62. The third-order valence-electron chi connectivity index (χ3n) is 4.86. The number of ether oxygens (including phenoxy) is 1. The molecule has 0 atom stereocenters. The summed E-state index contributed by atoms with van der Waals surface area (Å²) in [6.45, 7) is 10.5. The predicted octanol–water partition coefficient (Wildman–Crippen LogP) is 6.12. The smallest absolute Gasteiger partial charge is 0.398 e. The summed E-state index contributed by atoms with van der Waals surface area (Å²) in [5.41, 5.74) is -0.969. The Balaban J connectivity index is 2.41. The number of hydrogen-bond acceptors (Lipinski definition) is 3. The van der Waals surface area contributed by atoms with Crippen molar-refractivity contribution < 1.29 is 18.4 Å². The van der Waals surface area contributed by atoms with Gasteiger partial charge in [0.25, 0.3) is 0 Å². The van der Waals surface area contributed by atoms with Gasteiger partial charge in [0.15, 0.2) is 0 Å². The fourth-order valence-electron chi connectivity index (χ4n) is 2.66. The average Bonchev–Trinajstić information content (AvgIpc) is 2.76. The van der Waals surface area contributed by atoms with E-state index in [4.69, 9.17) is 37.2 Å². The van der Waals surface area contributed by atoms with Gasteiger partial charge in [0.1, 0.15) is 5.73 Å². The van der Waals surface area contributed by atoms with Crippen molar-refractivity contribution in [1.29, 1.82) is 0 Å². The lowest BCUT2D eigenvalue weighted by atomic mass is 9.81. The SMILES string of the molecule is CCCOCCC(=C(F)B1OC(C)(C)C(C)(C)O1)c1c(Cl)cccc1Cl. The number of halogens is 3. The van der Waals surface area contributed by atoms with E-state index in [0.717, 1.165) is 6.42 Å². The van der Waals surface area contributed by atoms with Crippen molar-refractivity contribution in [3.63, 3.8) is 0 Å². The van der Waals surface area contributed by atoms with Crippen molar-refractivity contribution in [2.45, 2.75) is 58.7 Å². The lowest BCUT2D eigenvalue weighted by Gasteiger charge is -2.32. The van der Waals surface area contributed by atoms with Crippen LogP contribution in [0.5, 0.6) is 0 Å². The minimum Gasteiger partial charge on any atom is -0.398 e. The van der Waals surface area contributed by atoms with Gasteiger partial charge >= 0.3 is 7.12 Å². The van der Waals surface area contributed by atoms with Crippen molar-refractivity contribution in [1.82, 2.24) is 0 Å². The third-order valence-corrected chi connectivity index (χ3v) is 5.49. The second-order valence-corrected chi connectivity index (χ2v) is 8.19. The largest absolute Gasteiger partial charge is 0.525 e. The topological polar surface area (TPSA) is 27.7 Å². The maximum atomic E-state index is 15.5. The summed E-state index contributed by atoms with van der Waals surface area (Å²) in [6.07, 6.45) is 1.21. The van der Waals surface area contributed by atoms with Gasteiger partial charge in [-0.05, 0) is 58.2 Å². The minimum absolute atomic E-state index is 0.319. The van der Waals surface area contributed by atoms with E-state index in [1.807, 2.05) is 34.6 Å². The molecule has 0 aromatic heterocycles. The minimum atomic E-state index is -1.10. The molecule has 1 aromatic rings. The molecule has 26 heavy (non-hydrogen) atoms. The van der Waals surface area contributed by atoms with Crippen LogP contribution in [0.4, 0.5) is 4.39 Å². The Morgan fingerprint density at radius 3 is 2.12 bits per heavy atom. The normalized spacial score (nSPS) is 19.6. The maximum absolute atomic E-state index is 15.5. The molecule has 2 rings (SSSR count). The van der Waals surface area contributed by atoms with Crippen molar-refractivity contribution >= 4 is 35.9 Å². The van der Waals surface area contributed by atoms with Gasteiger partial charge < -0.3 is 14.0 Å². The Labute approximate surface area is 165 Å². The van der Waals surface area contributed by atoms with Crippen LogP contribution in [0.2, 0.25) is 10.0 Å². The van der Waals surface area contributed by atoms with Gasteiger partial charge in [-0.3, -0.25) is 0 Å². The van der Waals surface area contributed by atoms with Crippen LogP contribution < -0.4 is 0 Å². The van der Waals surface area contributed by atoms with Gasteiger partial charge in [0, 0.05) is 22.2 Å². The summed E-state index contributed by atoms with van der Waals surface area (Å²) >= 11 is 12.6. The molecular weight excluding hydrogens is 377 g/mol. The molecule has 0 unspecified atom stereocenters. The number of benzene rings is 1. The standard InChI is InChI=1S/C19H26BCl2FO3/c1-6-11-24-12-10-13(16-14(21)8-7-9-15(16)22)17(23)20-25-18(2,3)19(4,5)26-20/h7-9H,6,10-12H2,1-5H3. The highest BCUT2D eigenvalue weighted by Crippen LogP contribution is 2.42. The number of hydrogen-bond donors (Lipinski definition) is 0. The summed E-state index contributed by atoms with van der Waals surface area (Å²) in [5.74, 6) is 0. The summed E-state index contributed by atoms with van der Waals surface area (Å²) < 4.78 is 32.7. The van der Waals surface area contributed by atoms with E-state index in [-0.39, 0.29) is 0 Å². The van der Waals surface area contributed by atoms with Crippen LogP contribution in [-0.4, -0.2) is 31.5 Å². The van der Waals surface area contributed by atoms with Gasteiger partial charge in [0.05, 0.1) is 17.8 Å². The summed E-state index contributed by atoms with van der Waals surface area (Å²) in [6, 6.07) is 5.10. The lowest BCUT2D eigenvalue weighted by Crippen LogP contribution is -2.41. The summed E-state index contributed by atoms with van der Waals surface area (Å²) in [5, 5.41) is 0.768. The van der Waals surface area contributed by atoms with E-state index >= 15 is 4.39 Å². The Morgan fingerprint density at radius 1 is 1.08 bits per heavy atom. The molecule has 0 aliphatic carbocycles. The first kappa shape index (κ1) is 21.7. The second kappa shape index (κ2) is 8.62. The quantitative estimate of drug-likeness (QED) is 0.406. The fraction of sp³-hybridized carbons (Fsp3) is 0.579. The van der Waals surface area contributed by atoms with Crippen LogP contribution in [-0.2, 0) is 14.0 Å². The molecule has 0 saturated carbocycles. The third kappa shape index (κ3) is 4.63. The summed E-state index contributed by atoms with van der Waals surface area (Å²) in [4.78, 5) is 0. The van der Waals surface area contributed by atoms with Gasteiger partial charge in [0.2, 0.25) is 0 Å². The van der Waals surface area contributed by atoms with E-state index < -0.39 is 24.0 Å². The molecule has 1 aliphatic heterocycles. The molecule has 0 spiro atoms. The number of rotatable bonds is 7.